The van der Waals surface area contributed by atoms with Gasteiger partial charge in [0.2, 0.25) is 12.1 Å². The van der Waals surface area contributed by atoms with Crippen molar-refractivity contribution in [2.24, 2.45) is 23.7 Å². The van der Waals surface area contributed by atoms with Crippen LogP contribution in [-0.4, -0.2) is 23.6 Å². The minimum Gasteiger partial charge on any atom is -0.432 e. The van der Waals surface area contributed by atoms with Crippen LogP contribution in [0.15, 0.2) is 0 Å². The zero-order valence-corrected chi connectivity index (χ0v) is 12.3. The summed E-state index contributed by atoms with van der Waals surface area (Å²) >= 11 is 0. The Bertz CT molecular complexity index is 452. The van der Waals surface area contributed by atoms with E-state index in [0.29, 0.717) is 11.8 Å². The Morgan fingerprint density at radius 1 is 1.10 bits per heavy atom. The molecule has 7 atom stereocenters. The van der Waals surface area contributed by atoms with Gasteiger partial charge in [-0.3, -0.25) is 4.79 Å². The number of rotatable bonds is 0. The van der Waals surface area contributed by atoms with Crippen LogP contribution < -0.4 is 0 Å². The smallest absolute Gasteiger partial charge is 0.311 e. The van der Waals surface area contributed by atoms with E-state index in [2.05, 4.69) is 6.92 Å². The summed E-state index contributed by atoms with van der Waals surface area (Å²) in [5.74, 6) is -0.137. The molecule has 5 rings (SSSR count). The zero-order valence-electron chi connectivity index (χ0n) is 12.3. The first kappa shape index (κ1) is 13.0. The Labute approximate surface area is 118 Å². The highest BCUT2D eigenvalue weighted by molar-refractivity contribution is 5.74. The normalized spacial score (nSPS) is 57.8. The van der Waals surface area contributed by atoms with Gasteiger partial charge < -0.3 is 9.47 Å². The quantitative estimate of drug-likeness (QED) is 0.504. The summed E-state index contributed by atoms with van der Waals surface area (Å²) in [5.41, 5.74) is -0.610. The Kier molecular flexibility index (Phi) is 2.58. The molecular weight excluding hydrogens is 260 g/mol. The highest BCUT2D eigenvalue weighted by Crippen LogP contribution is 2.59. The van der Waals surface area contributed by atoms with Crippen molar-refractivity contribution in [1.82, 2.24) is 0 Å². The summed E-state index contributed by atoms with van der Waals surface area (Å²) in [6, 6.07) is 0. The van der Waals surface area contributed by atoms with Crippen LogP contribution in [0.4, 0.5) is 0 Å². The summed E-state index contributed by atoms with van der Waals surface area (Å²) < 4.78 is 11.6. The number of fused-ring (bicyclic) bond motifs is 2. The molecule has 0 radical (unpaired) electrons. The van der Waals surface area contributed by atoms with Crippen molar-refractivity contribution < 1.29 is 24.0 Å². The average molecular weight is 282 g/mol. The van der Waals surface area contributed by atoms with Gasteiger partial charge in [-0.2, -0.15) is 0 Å². The molecule has 5 fully saturated rings. The number of ether oxygens (including phenoxy) is 2. The van der Waals surface area contributed by atoms with Crippen molar-refractivity contribution in [3.8, 4) is 0 Å². The van der Waals surface area contributed by atoms with Gasteiger partial charge in [0.05, 0.1) is 5.92 Å². The molecule has 1 saturated carbocycles. The fourth-order valence-corrected chi connectivity index (χ4v) is 4.76. The number of hydrogen-bond donors (Lipinski definition) is 0. The molecule has 0 aromatic carbocycles. The van der Waals surface area contributed by atoms with Gasteiger partial charge in [-0.15, -0.1) is 0 Å². The molecule has 5 heteroatoms. The Morgan fingerprint density at radius 2 is 1.90 bits per heavy atom. The van der Waals surface area contributed by atoms with Gasteiger partial charge in [0.1, 0.15) is 0 Å². The lowest BCUT2D eigenvalue weighted by Gasteiger charge is -2.57. The van der Waals surface area contributed by atoms with Gasteiger partial charge in [-0.05, 0) is 32.1 Å². The van der Waals surface area contributed by atoms with Crippen molar-refractivity contribution in [3.63, 3.8) is 0 Å². The standard InChI is InChI=1S/C15H22O5/c1-8-4-5-11-9(2)12(16)17-13-15(11)10(8)6-7-14(3,18-13)19-20-15/h8-11,13H,4-7H2,1-3H3/t8-,9-,10-,11-,13+,14+,15-/m1/s1. The SMILES string of the molecule is C[C@@H]1CC[C@@H]2[C@@H](C)C(=O)O[C@H]3O[C@]4(C)CC[C@H]1[C@]32OO4. The lowest BCUT2D eigenvalue weighted by molar-refractivity contribution is -0.559. The molecule has 1 spiro atoms. The maximum atomic E-state index is 12.1. The van der Waals surface area contributed by atoms with Crippen LogP contribution in [0, 0.1) is 23.7 Å². The van der Waals surface area contributed by atoms with Crippen molar-refractivity contribution >= 4 is 5.97 Å². The molecule has 0 aromatic heterocycles. The summed E-state index contributed by atoms with van der Waals surface area (Å²) in [4.78, 5) is 23.7. The zero-order chi connectivity index (χ0) is 14.1. The molecule has 0 amide bonds. The molecule has 5 aliphatic rings. The van der Waals surface area contributed by atoms with E-state index in [1.165, 1.54) is 0 Å². The summed E-state index contributed by atoms with van der Waals surface area (Å²) in [7, 11) is 0. The molecule has 4 saturated heterocycles. The second-order valence-corrected chi connectivity index (χ2v) is 7.14. The van der Waals surface area contributed by atoms with Gasteiger partial charge in [0.15, 0.2) is 5.60 Å². The van der Waals surface area contributed by atoms with E-state index >= 15 is 0 Å². The van der Waals surface area contributed by atoms with E-state index in [4.69, 9.17) is 19.2 Å². The lowest BCUT2D eigenvalue weighted by Crippen LogP contribution is -2.69. The van der Waals surface area contributed by atoms with E-state index in [-0.39, 0.29) is 17.8 Å². The largest absolute Gasteiger partial charge is 0.432 e. The maximum absolute atomic E-state index is 12.1. The van der Waals surface area contributed by atoms with Crippen LogP contribution >= 0.6 is 0 Å². The topological polar surface area (TPSA) is 54.0 Å². The van der Waals surface area contributed by atoms with Gasteiger partial charge in [-0.1, -0.05) is 13.8 Å². The third-order valence-electron chi connectivity index (χ3n) is 5.97. The van der Waals surface area contributed by atoms with Gasteiger partial charge in [0, 0.05) is 18.3 Å². The molecule has 0 N–H and O–H groups in total. The van der Waals surface area contributed by atoms with E-state index in [0.717, 1.165) is 25.7 Å². The van der Waals surface area contributed by atoms with E-state index in [9.17, 15) is 4.79 Å². The minimum absolute atomic E-state index is 0.123. The van der Waals surface area contributed by atoms with E-state index in [1.54, 1.807) is 0 Å². The number of esters is 1. The second-order valence-electron chi connectivity index (χ2n) is 7.14. The van der Waals surface area contributed by atoms with Gasteiger partial charge in [-0.25, -0.2) is 9.78 Å². The third-order valence-corrected chi connectivity index (χ3v) is 5.97. The summed E-state index contributed by atoms with van der Waals surface area (Å²) in [6.45, 7) is 6.06. The molecule has 1 aliphatic carbocycles. The van der Waals surface area contributed by atoms with Crippen LogP contribution in [0.1, 0.15) is 46.5 Å². The van der Waals surface area contributed by atoms with E-state index in [1.807, 2.05) is 13.8 Å². The predicted octanol–water partition coefficient (Wildman–Crippen LogP) is 2.39. The lowest BCUT2D eigenvalue weighted by atomic mass is 9.58. The first-order valence-electron chi connectivity index (χ1n) is 7.71. The number of hydrogen-bond acceptors (Lipinski definition) is 5. The molecule has 2 bridgehead atoms. The fraction of sp³-hybridized carbons (Fsp3) is 0.933. The Hall–Kier alpha value is -0.650. The highest BCUT2D eigenvalue weighted by Gasteiger charge is 2.69. The van der Waals surface area contributed by atoms with Gasteiger partial charge in [0.25, 0.3) is 0 Å². The molecular formula is C15H22O5. The van der Waals surface area contributed by atoms with Crippen LogP contribution in [0.2, 0.25) is 0 Å². The van der Waals surface area contributed by atoms with Crippen LogP contribution in [0.5, 0.6) is 0 Å². The Morgan fingerprint density at radius 3 is 2.70 bits per heavy atom. The second kappa shape index (κ2) is 3.96. The van der Waals surface area contributed by atoms with Crippen molar-refractivity contribution in [3.05, 3.63) is 0 Å². The van der Waals surface area contributed by atoms with Crippen molar-refractivity contribution in [2.45, 2.75) is 64.1 Å². The number of carbonyl (C=O) groups excluding carboxylic acids is 1. The maximum Gasteiger partial charge on any atom is 0.311 e. The first-order chi connectivity index (χ1) is 9.46. The average Bonchev–Trinajstić information content (AvgIpc) is 2.63. The predicted molar refractivity (Wildman–Crippen MR) is 68.0 cm³/mol. The van der Waals surface area contributed by atoms with Crippen molar-refractivity contribution in [1.29, 1.82) is 0 Å². The van der Waals surface area contributed by atoms with Crippen LogP contribution in [0.25, 0.3) is 0 Å². The van der Waals surface area contributed by atoms with E-state index < -0.39 is 17.7 Å². The third kappa shape index (κ3) is 1.46. The molecule has 4 aliphatic heterocycles. The molecule has 4 heterocycles. The Balaban J connectivity index is 1.84. The molecule has 0 aromatic rings. The summed E-state index contributed by atoms with van der Waals surface area (Å²) in [5, 5.41) is 0. The number of carbonyl (C=O) groups is 1. The minimum atomic E-state index is -0.793. The molecule has 20 heavy (non-hydrogen) atoms. The van der Waals surface area contributed by atoms with Crippen molar-refractivity contribution in [2.75, 3.05) is 0 Å². The first-order valence-corrected chi connectivity index (χ1v) is 7.71. The monoisotopic (exact) mass is 282 g/mol. The fourth-order valence-electron chi connectivity index (χ4n) is 4.76. The van der Waals surface area contributed by atoms with Crippen LogP contribution in [-0.2, 0) is 24.0 Å². The molecule has 5 nitrogen and oxygen atoms in total. The summed E-state index contributed by atoms with van der Waals surface area (Å²) in [6.07, 6.45) is 3.24. The highest BCUT2D eigenvalue weighted by atomic mass is 17.3. The molecule has 112 valence electrons. The van der Waals surface area contributed by atoms with Crippen LogP contribution in [0.3, 0.4) is 0 Å². The van der Waals surface area contributed by atoms with Gasteiger partial charge >= 0.3 is 5.97 Å². The molecule has 0 unspecified atom stereocenters.